The molecule has 2 atom stereocenters. The Hall–Kier alpha value is -1.20. The highest BCUT2D eigenvalue weighted by Gasteiger charge is 2.23. The number of nitrogens with two attached hydrogens (primary N) is 1. The van der Waals surface area contributed by atoms with Gasteiger partial charge in [-0.25, -0.2) is 9.97 Å². The van der Waals surface area contributed by atoms with Gasteiger partial charge in [-0.1, -0.05) is 6.92 Å². The summed E-state index contributed by atoms with van der Waals surface area (Å²) in [5, 5.41) is 0. The number of hydrogen-bond acceptors (Lipinski definition) is 5. The van der Waals surface area contributed by atoms with Crippen LogP contribution in [0.1, 0.15) is 25.3 Å². The van der Waals surface area contributed by atoms with E-state index in [1.807, 2.05) is 12.4 Å². The molecule has 1 aromatic heterocycles. The lowest BCUT2D eigenvalue weighted by Crippen LogP contribution is -2.25. The minimum atomic E-state index is 0.198. The van der Waals surface area contributed by atoms with E-state index in [9.17, 15) is 0 Å². The molecule has 5 heteroatoms. The summed E-state index contributed by atoms with van der Waals surface area (Å²) in [5.41, 5.74) is 7.03. The van der Waals surface area contributed by atoms with E-state index >= 15 is 0 Å². The highest BCUT2D eigenvalue weighted by atomic mass is 16.5. The van der Waals surface area contributed by atoms with Gasteiger partial charge in [0, 0.05) is 38.6 Å². The van der Waals surface area contributed by atoms with Crippen LogP contribution in [0.15, 0.2) is 12.4 Å². The van der Waals surface area contributed by atoms with Crippen LogP contribution in [0.3, 0.4) is 0 Å². The maximum absolute atomic E-state index is 5.92. The molecule has 2 heterocycles. The second-order valence-corrected chi connectivity index (χ2v) is 4.86. The van der Waals surface area contributed by atoms with E-state index in [-0.39, 0.29) is 6.04 Å². The van der Waals surface area contributed by atoms with Crippen LogP contribution >= 0.6 is 0 Å². The average molecular weight is 250 g/mol. The molecule has 1 aliphatic heterocycles. The number of aromatic nitrogens is 2. The zero-order valence-electron chi connectivity index (χ0n) is 11.2. The molecule has 0 aromatic carbocycles. The highest BCUT2D eigenvalue weighted by Crippen LogP contribution is 2.17. The molecule has 2 N–H and O–H groups in total. The van der Waals surface area contributed by atoms with Gasteiger partial charge in [-0.2, -0.15) is 0 Å². The molecular formula is C13H22N4O. The van der Waals surface area contributed by atoms with Gasteiger partial charge in [0.05, 0.1) is 6.10 Å². The molecule has 0 bridgehead atoms. The smallest absolute Gasteiger partial charge is 0.225 e. The first-order valence-corrected chi connectivity index (χ1v) is 6.57. The third kappa shape index (κ3) is 3.17. The zero-order valence-corrected chi connectivity index (χ0v) is 11.2. The summed E-state index contributed by atoms with van der Waals surface area (Å²) < 4.78 is 5.34. The second-order valence-electron chi connectivity index (χ2n) is 4.86. The fourth-order valence-corrected chi connectivity index (χ4v) is 2.17. The van der Waals surface area contributed by atoms with Crippen molar-refractivity contribution in [1.82, 2.24) is 9.97 Å². The molecule has 0 aliphatic carbocycles. The number of hydrogen-bond donors (Lipinski definition) is 1. The van der Waals surface area contributed by atoms with Crippen molar-refractivity contribution >= 4 is 5.95 Å². The first-order chi connectivity index (χ1) is 8.72. The molecule has 1 saturated heterocycles. The molecule has 5 nitrogen and oxygen atoms in total. The van der Waals surface area contributed by atoms with Crippen LogP contribution in [-0.4, -0.2) is 42.3 Å². The van der Waals surface area contributed by atoms with Gasteiger partial charge in [-0.3, -0.25) is 0 Å². The van der Waals surface area contributed by atoms with Crippen LogP contribution < -0.4 is 10.6 Å². The Morgan fingerprint density at radius 1 is 1.50 bits per heavy atom. The molecule has 0 radical (unpaired) electrons. The molecule has 1 aromatic rings. The van der Waals surface area contributed by atoms with Gasteiger partial charge in [0.2, 0.25) is 5.95 Å². The minimum Gasteiger partial charge on any atom is -0.380 e. The van der Waals surface area contributed by atoms with Crippen molar-refractivity contribution in [3.63, 3.8) is 0 Å². The molecular weight excluding hydrogens is 228 g/mol. The normalized spacial score (nSPS) is 21.3. The van der Waals surface area contributed by atoms with Crippen LogP contribution in [0.4, 0.5) is 5.95 Å². The third-order valence-corrected chi connectivity index (χ3v) is 3.48. The van der Waals surface area contributed by atoms with Crippen molar-refractivity contribution in [2.75, 3.05) is 25.1 Å². The average Bonchev–Trinajstić information content (AvgIpc) is 2.88. The van der Waals surface area contributed by atoms with Crippen molar-refractivity contribution in [1.29, 1.82) is 0 Å². The predicted molar refractivity (Wildman–Crippen MR) is 71.6 cm³/mol. The van der Waals surface area contributed by atoms with Crippen LogP contribution in [0.5, 0.6) is 0 Å². The first kappa shape index (κ1) is 13.2. The van der Waals surface area contributed by atoms with E-state index in [4.69, 9.17) is 10.5 Å². The lowest BCUT2D eigenvalue weighted by atomic mass is 10.1. The molecule has 0 saturated carbocycles. The van der Waals surface area contributed by atoms with Crippen LogP contribution in [0.2, 0.25) is 0 Å². The van der Waals surface area contributed by atoms with Crippen molar-refractivity contribution in [3.8, 4) is 0 Å². The van der Waals surface area contributed by atoms with E-state index in [1.54, 1.807) is 7.11 Å². The van der Waals surface area contributed by atoms with E-state index in [0.717, 1.165) is 43.9 Å². The lowest BCUT2D eigenvalue weighted by molar-refractivity contribution is 0.121. The van der Waals surface area contributed by atoms with E-state index < -0.39 is 0 Å². The third-order valence-electron chi connectivity index (χ3n) is 3.48. The van der Waals surface area contributed by atoms with E-state index in [1.165, 1.54) is 0 Å². The van der Waals surface area contributed by atoms with Gasteiger partial charge in [-0.05, 0) is 24.8 Å². The Morgan fingerprint density at radius 2 is 2.22 bits per heavy atom. The Labute approximate surface area is 108 Å². The molecule has 2 rings (SSSR count). The fourth-order valence-electron chi connectivity index (χ4n) is 2.17. The van der Waals surface area contributed by atoms with E-state index in [2.05, 4.69) is 21.8 Å². The largest absolute Gasteiger partial charge is 0.380 e. The summed E-state index contributed by atoms with van der Waals surface area (Å²) in [6, 6.07) is 0.198. The number of anilines is 1. The highest BCUT2D eigenvalue weighted by molar-refractivity contribution is 5.32. The van der Waals surface area contributed by atoms with Crippen LogP contribution in [0, 0.1) is 0 Å². The molecule has 0 amide bonds. The summed E-state index contributed by atoms with van der Waals surface area (Å²) >= 11 is 0. The number of nitrogens with zero attached hydrogens (tertiary/aromatic N) is 3. The molecule has 1 aliphatic rings. The van der Waals surface area contributed by atoms with Crippen molar-refractivity contribution in [2.24, 2.45) is 5.73 Å². The summed E-state index contributed by atoms with van der Waals surface area (Å²) in [6.45, 7) is 3.94. The standard InChI is InChI=1S/C13H22N4O/c1-3-11(14)6-10-7-15-13(16-8-10)17-5-4-12(9-17)18-2/h7-8,11-12H,3-6,9,14H2,1-2H3. The summed E-state index contributed by atoms with van der Waals surface area (Å²) in [5.74, 6) is 0.795. The van der Waals surface area contributed by atoms with Gasteiger partial charge in [-0.15, -0.1) is 0 Å². The van der Waals surface area contributed by atoms with Gasteiger partial charge in [0.15, 0.2) is 0 Å². The van der Waals surface area contributed by atoms with E-state index in [0.29, 0.717) is 6.10 Å². The molecule has 2 unspecified atom stereocenters. The Bertz CT molecular complexity index is 368. The van der Waals surface area contributed by atoms with Crippen LogP contribution in [-0.2, 0) is 11.2 Å². The van der Waals surface area contributed by atoms with Crippen molar-refractivity contribution in [2.45, 2.75) is 38.3 Å². The summed E-state index contributed by atoms with van der Waals surface area (Å²) in [4.78, 5) is 11.0. The lowest BCUT2D eigenvalue weighted by Gasteiger charge is -2.16. The molecule has 0 spiro atoms. The predicted octanol–water partition coefficient (Wildman–Crippen LogP) is 0.981. The Kier molecular flexibility index (Phi) is 4.49. The van der Waals surface area contributed by atoms with Crippen molar-refractivity contribution < 1.29 is 4.74 Å². The molecule has 1 fully saturated rings. The summed E-state index contributed by atoms with van der Waals surface area (Å²) in [7, 11) is 1.75. The van der Waals surface area contributed by atoms with Gasteiger partial charge in [0.1, 0.15) is 0 Å². The first-order valence-electron chi connectivity index (χ1n) is 6.57. The number of rotatable bonds is 5. The van der Waals surface area contributed by atoms with Crippen molar-refractivity contribution in [3.05, 3.63) is 18.0 Å². The van der Waals surface area contributed by atoms with Gasteiger partial charge < -0.3 is 15.4 Å². The maximum Gasteiger partial charge on any atom is 0.225 e. The van der Waals surface area contributed by atoms with Gasteiger partial charge in [0.25, 0.3) is 0 Å². The number of ether oxygens (including phenoxy) is 1. The molecule has 100 valence electrons. The Morgan fingerprint density at radius 3 is 2.78 bits per heavy atom. The SMILES string of the molecule is CCC(N)Cc1cnc(N2CCC(OC)C2)nc1. The Balaban J connectivity index is 1.95. The topological polar surface area (TPSA) is 64.3 Å². The monoisotopic (exact) mass is 250 g/mol. The van der Waals surface area contributed by atoms with Gasteiger partial charge >= 0.3 is 0 Å². The number of methoxy groups -OCH3 is 1. The fraction of sp³-hybridized carbons (Fsp3) is 0.692. The van der Waals surface area contributed by atoms with Crippen LogP contribution in [0.25, 0.3) is 0 Å². The quantitative estimate of drug-likeness (QED) is 0.844. The molecule has 18 heavy (non-hydrogen) atoms. The second kappa shape index (κ2) is 6.11. The zero-order chi connectivity index (χ0) is 13.0. The summed E-state index contributed by atoms with van der Waals surface area (Å²) in [6.07, 6.45) is 6.95. The maximum atomic E-state index is 5.92. The minimum absolute atomic E-state index is 0.198.